The average molecular weight is 246 g/mol. The van der Waals surface area contributed by atoms with Crippen LogP contribution in [0.1, 0.15) is 50.5 Å². The molecule has 2 rings (SSSR count). The number of benzene rings is 1. The van der Waals surface area contributed by atoms with E-state index in [1.54, 1.807) is 0 Å². The normalized spacial score (nSPS) is 26.2. The number of carbonyl (C=O) groups is 1. The van der Waals surface area contributed by atoms with Crippen LogP contribution in [0, 0.1) is 0 Å². The minimum Gasteiger partial charge on any atom is -0.395 e. The van der Waals surface area contributed by atoms with Gasteiger partial charge in [-0.25, -0.2) is 0 Å². The van der Waals surface area contributed by atoms with Gasteiger partial charge in [-0.15, -0.1) is 0 Å². The highest BCUT2D eigenvalue weighted by atomic mass is 16.3. The van der Waals surface area contributed by atoms with E-state index >= 15 is 0 Å². The Morgan fingerprint density at radius 1 is 1.00 bits per heavy atom. The SMILES string of the molecule is O=C1CCCCCCC[C@]1(CO)c1ccccc1. The monoisotopic (exact) mass is 246 g/mol. The highest BCUT2D eigenvalue weighted by Crippen LogP contribution is 2.34. The Kier molecular flexibility index (Phi) is 4.54. The van der Waals surface area contributed by atoms with Gasteiger partial charge in [-0.05, 0) is 18.4 Å². The Labute approximate surface area is 109 Å². The Morgan fingerprint density at radius 3 is 2.39 bits per heavy atom. The van der Waals surface area contributed by atoms with Crippen molar-refractivity contribution in [3.63, 3.8) is 0 Å². The van der Waals surface area contributed by atoms with Crippen LogP contribution < -0.4 is 0 Å². The maximum Gasteiger partial charge on any atom is 0.145 e. The van der Waals surface area contributed by atoms with Gasteiger partial charge in [-0.2, -0.15) is 0 Å². The number of hydrogen-bond acceptors (Lipinski definition) is 2. The summed E-state index contributed by atoms with van der Waals surface area (Å²) >= 11 is 0. The Bertz CT molecular complexity index is 385. The lowest BCUT2D eigenvalue weighted by Crippen LogP contribution is -2.39. The lowest BCUT2D eigenvalue weighted by molar-refractivity contribution is -0.126. The highest BCUT2D eigenvalue weighted by molar-refractivity contribution is 5.90. The van der Waals surface area contributed by atoms with Crippen molar-refractivity contribution in [2.24, 2.45) is 0 Å². The van der Waals surface area contributed by atoms with Crippen molar-refractivity contribution >= 4 is 5.78 Å². The quantitative estimate of drug-likeness (QED) is 0.870. The fourth-order valence-electron chi connectivity index (χ4n) is 2.94. The van der Waals surface area contributed by atoms with Gasteiger partial charge in [0.05, 0.1) is 12.0 Å². The summed E-state index contributed by atoms with van der Waals surface area (Å²) in [6, 6.07) is 9.81. The van der Waals surface area contributed by atoms with Gasteiger partial charge in [0, 0.05) is 6.42 Å². The number of hydrogen-bond donors (Lipinski definition) is 1. The molecule has 0 aliphatic heterocycles. The van der Waals surface area contributed by atoms with Crippen molar-refractivity contribution in [1.29, 1.82) is 0 Å². The molecule has 0 aromatic heterocycles. The zero-order valence-corrected chi connectivity index (χ0v) is 10.9. The summed E-state index contributed by atoms with van der Waals surface area (Å²) < 4.78 is 0. The summed E-state index contributed by atoms with van der Waals surface area (Å²) in [7, 11) is 0. The van der Waals surface area contributed by atoms with Crippen molar-refractivity contribution < 1.29 is 9.90 Å². The molecule has 18 heavy (non-hydrogen) atoms. The molecule has 1 fully saturated rings. The maximum atomic E-state index is 12.5. The van der Waals surface area contributed by atoms with E-state index in [9.17, 15) is 9.90 Å². The molecule has 2 nitrogen and oxygen atoms in total. The second-order valence-electron chi connectivity index (χ2n) is 5.30. The first-order valence-corrected chi connectivity index (χ1v) is 6.99. The van der Waals surface area contributed by atoms with Gasteiger partial charge in [0.1, 0.15) is 5.78 Å². The molecule has 0 saturated heterocycles. The van der Waals surface area contributed by atoms with Crippen LogP contribution in [-0.4, -0.2) is 17.5 Å². The van der Waals surface area contributed by atoms with Crippen molar-refractivity contribution in [3.8, 4) is 0 Å². The summed E-state index contributed by atoms with van der Waals surface area (Å²) in [4.78, 5) is 12.5. The molecule has 0 spiro atoms. The summed E-state index contributed by atoms with van der Waals surface area (Å²) in [5.74, 6) is 0.220. The predicted octanol–water partition coefficient (Wildman–Crippen LogP) is 3.23. The molecule has 1 aliphatic rings. The summed E-state index contributed by atoms with van der Waals surface area (Å²) in [5, 5.41) is 9.85. The van der Waals surface area contributed by atoms with Crippen LogP contribution in [0.25, 0.3) is 0 Å². The zero-order chi connectivity index (χ0) is 12.8. The highest BCUT2D eigenvalue weighted by Gasteiger charge is 2.38. The van der Waals surface area contributed by atoms with Gasteiger partial charge in [0.25, 0.3) is 0 Å². The van der Waals surface area contributed by atoms with Crippen LogP contribution in [-0.2, 0) is 10.2 Å². The minimum atomic E-state index is -0.647. The van der Waals surface area contributed by atoms with E-state index in [1.807, 2.05) is 30.3 Å². The molecule has 0 amide bonds. The van der Waals surface area contributed by atoms with Crippen LogP contribution in [0.15, 0.2) is 30.3 Å². The van der Waals surface area contributed by atoms with Gasteiger partial charge in [-0.3, -0.25) is 4.79 Å². The fourth-order valence-corrected chi connectivity index (χ4v) is 2.94. The van der Waals surface area contributed by atoms with Crippen LogP contribution >= 0.6 is 0 Å². The van der Waals surface area contributed by atoms with Crippen LogP contribution in [0.5, 0.6) is 0 Å². The summed E-state index contributed by atoms with van der Waals surface area (Å²) in [6.45, 7) is -0.0597. The second-order valence-corrected chi connectivity index (χ2v) is 5.30. The molecule has 1 aliphatic carbocycles. The number of ketones is 1. The van der Waals surface area contributed by atoms with E-state index in [1.165, 1.54) is 12.8 Å². The number of Topliss-reactive ketones (excluding diaryl/α,β-unsaturated/α-hetero) is 1. The Morgan fingerprint density at radius 2 is 1.67 bits per heavy atom. The first-order chi connectivity index (χ1) is 8.79. The molecule has 2 heteroatoms. The molecule has 1 aromatic carbocycles. The van der Waals surface area contributed by atoms with E-state index in [-0.39, 0.29) is 12.4 Å². The topological polar surface area (TPSA) is 37.3 Å². The number of aliphatic hydroxyl groups is 1. The van der Waals surface area contributed by atoms with E-state index in [0.717, 1.165) is 31.2 Å². The van der Waals surface area contributed by atoms with Crippen LogP contribution in [0.2, 0.25) is 0 Å². The lowest BCUT2D eigenvalue weighted by Gasteiger charge is -2.30. The van der Waals surface area contributed by atoms with Gasteiger partial charge in [0.15, 0.2) is 0 Å². The number of aliphatic hydroxyl groups excluding tert-OH is 1. The van der Waals surface area contributed by atoms with Crippen molar-refractivity contribution in [2.75, 3.05) is 6.61 Å². The van der Waals surface area contributed by atoms with Crippen molar-refractivity contribution in [1.82, 2.24) is 0 Å². The first kappa shape index (κ1) is 13.3. The zero-order valence-electron chi connectivity index (χ0n) is 10.9. The van der Waals surface area contributed by atoms with Gasteiger partial charge < -0.3 is 5.11 Å². The molecular formula is C16H22O2. The van der Waals surface area contributed by atoms with E-state index < -0.39 is 5.41 Å². The largest absolute Gasteiger partial charge is 0.395 e. The number of carbonyl (C=O) groups excluding carboxylic acids is 1. The average Bonchev–Trinajstić information content (AvgIpc) is 2.51. The van der Waals surface area contributed by atoms with E-state index in [2.05, 4.69) is 0 Å². The molecule has 1 atom stereocenters. The maximum absolute atomic E-state index is 12.5. The molecule has 1 saturated carbocycles. The van der Waals surface area contributed by atoms with Gasteiger partial charge in [0.2, 0.25) is 0 Å². The standard InChI is InChI=1S/C16H22O2/c17-13-16(14-9-5-4-6-10-14)12-8-3-1-2-7-11-15(16)18/h4-6,9-10,17H,1-3,7-8,11-13H2/t16-/m0/s1. The summed E-state index contributed by atoms with van der Waals surface area (Å²) in [6.07, 6.45) is 6.91. The number of rotatable bonds is 2. The molecule has 98 valence electrons. The summed E-state index contributed by atoms with van der Waals surface area (Å²) in [5.41, 5.74) is 0.338. The Hall–Kier alpha value is -1.15. The lowest BCUT2D eigenvalue weighted by atomic mass is 9.72. The first-order valence-electron chi connectivity index (χ1n) is 6.99. The minimum absolute atomic E-state index is 0.0597. The Balaban J connectivity index is 2.33. The predicted molar refractivity (Wildman–Crippen MR) is 72.5 cm³/mol. The third-order valence-corrected chi connectivity index (χ3v) is 4.14. The third kappa shape index (κ3) is 2.64. The van der Waals surface area contributed by atoms with Crippen molar-refractivity contribution in [2.45, 2.75) is 50.4 Å². The molecule has 1 N–H and O–H groups in total. The fraction of sp³-hybridized carbons (Fsp3) is 0.562. The van der Waals surface area contributed by atoms with Crippen LogP contribution in [0.3, 0.4) is 0 Å². The van der Waals surface area contributed by atoms with Gasteiger partial charge >= 0.3 is 0 Å². The van der Waals surface area contributed by atoms with Crippen LogP contribution in [0.4, 0.5) is 0 Å². The van der Waals surface area contributed by atoms with E-state index in [4.69, 9.17) is 0 Å². The van der Waals surface area contributed by atoms with Crippen molar-refractivity contribution in [3.05, 3.63) is 35.9 Å². The molecule has 1 aromatic rings. The molecule has 0 bridgehead atoms. The second kappa shape index (κ2) is 6.14. The molecule has 0 radical (unpaired) electrons. The molecule has 0 heterocycles. The smallest absolute Gasteiger partial charge is 0.145 e. The van der Waals surface area contributed by atoms with E-state index in [0.29, 0.717) is 6.42 Å². The molecular weight excluding hydrogens is 224 g/mol. The van der Waals surface area contributed by atoms with Gasteiger partial charge in [-0.1, -0.05) is 56.0 Å². The third-order valence-electron chi connectivity index (χ3n) is 4.14. The molecule has 0 unspecified atom stereocenters.